The van der Waals surface area contributed by atoms with Gasteiger partial charge in [0.1, 0.15) is 23.8 Å². The van der Waals surface area contributed by atoms with Crippen molar-refractivity contribution in [1.82, 2.24) is 4.31 Å². The van der Waals surface area contributed by atoms with Gasteiger partial charge in [-0.05, 0) is 106 Å². The molecule has 11 nitrogen and oxygen atoms in total. The quantitative estimate of drug-likeness (QED) is 0.0356. The summed E-state index contributed by atoms with van der Waals surface area (Å²) in [5.41, 5.74) is 9.54. The van der Waals surface area contributed by atoms with Gasteiger partial charge < -0.3 is 30.4 Å². The number of allylic oxidation sites excluding steroid dienone is 1. The number of ether oxygens (including phenoxy) is 2. The van der Waals surface area contributed by atoms with Crippen LogP contribution in [0.3, 0.4) is 0 Å². The number of rotatable bonds is 17. The first-order valence-electron chi connectivity index (χ1n) is 15.0. The molecule has 3 rings (SSSR count). The number of benzene rings is 3. The van der Waals surface area contributed by atoms with Gasteiger partial charge in [0.15, 0.2) is 5.83 Å². The number of aliphatic hydroxyl groups excluding tert-OH is 1. The molecule has 0 heterocycles. The molecule has 15 heteroatoms. The van der Waals surface area contributed by atoms with Crippen LogP contribution in [0.25, 0.3) is 5.70 Å². The second-order valence-electron chi connectivity index (χ2n) is 11.3. The summed E-state index contributed by atoms with van der Waals surface area (Å²) in [6.45, 7) is 5.89. The molecule has 0 aliphatic carbocycles. The van der Waals surface area contributed by atoms with Crippen LogP contribution in [-0.2, 0) is 10.5 Å². The Hall–Kier alpha value is -4.18. The molecule has 1 amide bonds. The summed E-state index contributed by atoms with van der Waals surface area (Å²) in [6.07, 6.45) is 1.82. The van der Waals surface area contributed by atoms with Crippen LogP contribution < -0.4 is 26.0 Å². The molecule has 0 aromatic heterocycles. The summed E-state index contributed by atoms with van der Waals surface area (Å²) in [4.78, 5) is 17.1. The standard InChI is InChI=1S/C33H42F2N6O5S2/c1-33(2,3)46-32(43)41(4)47-20-22-15-24(18-25(16-22)45-14-8-7-13-42)38-21-37-19-27(35)31(36)23-11-12-26(34)29(17-23)40-48-30-10-6-5-9-28(30)39-44/h5-6,9-12,15-19,38-40,42,44H,7-8,13-14,20-21,36H2,1-4H3/b31-27+,37-19-. The van der Waals surface area contributed by atoms with Gasteiger partial charge in [0.25, 0.3) is 0 Å². The fourth-order valence-electron chi connectivity index (χ4n) is 3.88. The highest BCUT2D eigenvalue weighted by atomic mass is 32.2. The first-order valence-corrected chi connectivity index (χ1v) is 16.7. The maximum Gasteiger partial charge on any atom is 0.420 e. The third-order valence-electron chi connectivity index (χ3n) is 6.26. The van der Waals surface area contributed by atoms with Gasteiger partial charge in [-0.1, -0.05) is 12.1 Å². The Balaban J connectivity index is 1.66. The summed E-state index contributed by atoms with van der Waals surface area (Å²) < 4.78 is 45.1. The van der Waals surface area contributed by atoms with E-state index < -0.39 is 23.3 Å². The molecule has 0 aliphatic heterocycles. The summed E-state index contributed by atoms with van der Waals surface area (Å²) in [6, 6.07) is 16.3. The summed E-state index contributed by atoms with van der Waals surface area (Å²) >= 11 is 2.32. The summed E-state index contributed by atoms with van der Waals surface area (Å²) in [5, 5.41) is 21.5. The lowest BCUT2D eigenvalue weighted by molar-refractivity contribution is 0.0432. The van der Waals surface area contributed by atoms with E-state index in [2.05, 4.69) is 20.5 Å². The zero-order chi connectivity index (χ0) is 35.1. The Bertz CT molecular complexity index is 1570. The van der Waals surface area contributed by atoms with Crippen molar-refractivity contribution < 1.29 is 33.4 Å². The number of aliphatic hydroxyl groups is 1. The predicted molar refractivity (Wildman–Crippen MR) is 190 cm³/mol. The summed E-state index contributed by atoms with van der Waals surface area (Å²) in [7, 11) is 1.63. The molecule has 48 heavy (non-hydrogen) atoms. The maximum absolute atomic E-state index is 15.0. The van der Waals surface area contributed by atoms with E-state index in [1.165, 1.54) is 34.5 Å². The number of amides is 1. The second-order valence-corrected chi connectivity index (χ2v) is 13.3. The molecule has 3 aromatic carbocycles. The van der Waals surface area contributed by atoms with Gasteiger partial charge in [-0.2, -0.15) is 0 Å². The van der Waals surface area contributed by atoms with Gasteiger partial charge >= 0.3 is 6.09 Å². The van der Waals surface area contributed by atoms with Crippen LogP contribution in [0.5, 0.6) is 5.75 Å². The van der Waals surface area contributed by atoms with E-state index >= 15 is 4.39 Å². The van der Waals surface area contributed by atoms with Crippen molar-refractivity contribution in [3.8, 4) is 5.75 Å². The lowest BCUT2D eigenvalue weighted by Crippen LogP contribution is -2.30. The van der Waals surface area contributed by atoms with Crippen molar-refractivity contribution in [2.24, 2.45) is 10.7 Å². The van der Waals surface area contributed by atoms with Crippen LogP contribution in [0.2, 0.25) is 0 Å². The van der Waals surface area contributed by atoms with Gasteiger partial charge in [0, 0.05) is 36.7 Å². The number of carbonyl (C=O) groups is 1. The second kappa shape index (κ2) is 19.0. The molecule has 0 fully saturated rings. The number of para-hydroxylation sites is 1. The Morgan fingerprint density at radius 1 is 1.10 bits per heavy atom. The first-order chi connectivity index (χ1) is 22.9. The van der Waals surface area contributed by atoms with E-state index in [-0.39, 0.29) is 30.2 Å². The minimum Gasteiger partial charge on any atom is -0.494 e. The minimum atomic E-state index is -0.805. The SMILES string of the molecule is CN(SCc1cc(NC/N=C\C(F)=C(/N)c2ccc(F)c(NSc3ccccc3NO)c2)cc(OCCCCO)c1)C(=O)OC(C)(C)C. The third-order valence-corrected chi connectivity index (χ3v) is 8.15. The van der Waals surface area contributed by atoms with Crippen molar-refractivity contribution in [3.63, 3.8) is 0 Å². The molecular formula is C33H42F2N6O5S2. The molecule has 0 saturated carbocycles. The molecule has 0 atom stereocenters. The van der Waals surface area contributed by atoms with E-state index in [0.29, 0.717) is 47.2 Å². The fourth-order valence-corrected chi connectivity index (χ4v) is 5.28. The Morgan fingerprint density at radius 3 is 2.60 bits per heavy atom. The molecule has 0 unspecified atom stereocenters. The van der Waals surface area contributed by atoms with Crippen LogP contribution >= 0.6 is 23.9 Å². The van der Waals surface area contributed by atoms with E-state index in [0.717, 1.165) is 23.7 Å². The highest BCUT2D eigenvalue weighted by Crippen LogP contribution is 2.31. The highest BCUT2D eigenvalue weighted by molar-refractivity contribution is 8.00. The van der Waals surface area contributed by atoms with Gasteiger partial charge in [0.2, 0.25) is 0 Å². The van der Waals surface area contributed by atoms with Crippen LogP contribution in [-0.4, -0.2) is 59.5 Å². The largest absolute Gasteiger partial charge is 0.494 e. The van der Waals surface area contributed by atoms with Gasteiger partial charge in [-0.15, -0.1) is 0 Å². The molecular weight excluding hydrogens is 663 g/mol. The van der Waals surface area contributed by atoms with Crippen molar-refractivity contribution >= 4 is 59.0 Å². The van der Waals surface area contributed by atoms with Crippen molar-refractivity contribution in [3.05, 3.63) is 83.4 Å². The maximum atomic E-state index is 15.0. The minimum absolute atomic E-state index is 0.00419. The van der Waals surface area contributed by atoms with E-state index in [4.69, 9.17) is 20.3 Å². The first kappa shape index (κ1) is 38.3. The molecule has 0 bridgehead atoms. The number of anilines is 3. The normalized spacial score (nSPS) is 12.0. The van der Waals surface area contributed by atoms with Crippen LogP contribution in [0.1, 0.15) is 44.7 Å². The van der Waals surface area contributed by atoms with Crippen LogP contribution in [0.15, 0.2) is 76.4 Å². The van der Waals surface area contributed by atoms with Crippen molar-refractivity contribution in [2.45, 2.75) is 49.9 Å². The van der Waals surface area contributed by atoms with E-state index in [9.17, 15) is 14.4 Å². The van der Waals surface area contributed by atoms with Gasteiger partial charge in [-0.3, -0.25) is 20.0 Å². The smallest absolute Gasteiger partial charge is 0.420 e. The Morgan fingerprint density at radius 2 is 1.88 bits per heavy atom. The Labute approximate surface area is 288 Å². The number of carbonyl (C=O) groups excluding carboxylic acids is 1. The molecule has 0 aliphatic rings. The average molecular weight is 705 g/mol. The van der Waals surface area contributed by atoms with Gasteiger partial charge in [0.05, 0.1) is 34.8 Å². The monoisotopic (exact) mass is 704 g/mol. The molecule has 260 valence electrons. The molecule has 7 N–H and O–H groups in total. The number of halogens is 2. The molecule has 3 aromatic rings. The molecule has 0 saturated heterocycles. The van der Waals surface area contributed by atoms with Crippen LogP contribution in [0, 0.1) is 5.82 Å². The van der Waals surface area contributed by atoms with Crippen molar-refractivity contribution in [1.29, 1.82) is 0 Å². The number of hydrogen-bond acceptors (Lipinski definition) is 12. The number of unbranched alkanes of at least 4 members (excludes halogenated alkanes) is 1. The number of aliphatic imine (C=N–C) groups is 1. The van der Waals surface area contributed by atoms with Crippen LogP contribution in [0.4, 0.5) is 30.6 Å². The molecule has 0 radical (unpaired) electrons. The zero-order valence-electron chi connectivity index (χ0n) is 27.3. The fraction of sp³-hybridized carbons (Fsp3) is 0.333. The van der Waals surface area contributed by atoms with Crippen molar-refractivity contribution in [2.75, 3.05) is 42.4 Å². The topological polar surface area (TPSA) is 154 Å². The summed E-state index contributed by atoms with van der Waals surface area (Å²) in [5.74, 6) is -0.351. The lowest BCUT2D eigenvalue weighted by atomic mass is 10.1. The van der Waals surface area contributed by atoms with Gasteiger partial charge in [-0.25, -0.2) is 13.6 Å². The molecule has 0 spiro atoms. The number of hydrogen-bond donors (Lipinski definition) is 6. The number of nitrogens with one attached hydrogen (secondary N) is 3. The third kappa shape index (κ3) is 12.8. The average Bonchev–Trinajstić information content (AvgIpc) is 3.06. The highest BCUT2D eigenvalue weighted by Gasteiger charge is 2.20. The lowest BCUT2D eigenvalue weighted by Gasteiger charge is -2.24. The van der Waals surface area contributed by atoms with E-state index in [1.54, 1.807) is 58.2 Å². The number of nitrogens with two attached hydrogens (primary N) is 1. The van der Waals surface area contributed by atoms with E-state index in [1.807, 2.05) is 12.1 Å². The Kier molecular flexibility index (Phi) is 15.1. The number of nitrogens with zero attached hydrogens (tertiary/aromatic N) is 2. The predicted octanol–water partition coefficient (Wildman–Crippen LogP) is 7.65. The zero-order valence-corrected chi connectivity index (χ0v) is 28.9.